The molecule has 2 N–H and O–H groups in total. The second kappa shape index (κ2) is 8.33. The fourth-order valence-corrected chi connectivity index (χ4v) is 3.56. The van der Waals surface area contributed by atoms with Crippen LogP contribution in [0.1, 0.15) is 22.1 Å². The van der Waals surface area contributed by atoms with Gasteiger partial charge in [-0.15, -0.1) is 0 Å². The SMILES string of the molecule is O=C(NC[C@H](c1ccccn1)N1CCOCC1)c1cc(=O)[nH]c2ccccc12. The summed E-state index contributed by atoms with van der Waals surface area (Å²) in [5.41, 5.74) is 1.63. The number of para-hydroxylation sites is 1. The molecule has 0 saturated carbocycles. The molecule has 1 aliphatic rings. The molecule has 0 spiro atoms. The molecule has 1 atom stereocenters. The molecule has 0 bridgehead atoms. The summed E-state index contributed by atoms with van der Waals surface area (Å²) in [5, 5.41) is 3.72. The predicted octanol–water partition coefficient (Wildman–Crippen LogP) is 1.73. The Labute approximate surface area is 162 Å². The van der Waals surface area contributed by atoms with Gasteiger partial charge >= 0.3 is 0 Å². The van der Waals surface area contributed by atoms with Crippen LogP contribution in [-0.2, 0) is 4.74 Å². The lowest BCUT2D eigenvalue weighted by Crippen LogP contribution is -2.44. The van der Waals surface area contributed by atoms with E-state index in [-0.39, 0.29) is 17.5 Å². The molecular formula is C21H22N4O3. The lowest BCUT2D eigenvalue weighted by atomic mass is 10.1. The molecule has 0 aliphatic carbocycles. The van der Waals surface area contributed by atoms with Crippen molar-refractivity contribution in [2.45, 2.75) is 6.04 Å². The standard InChI is InChI=1S/C21H22N4O3/c26-20-13-16(15-5-1-2-6-17(15)24-20)21(27)23-14-19(18-7-3-4-8-22-18)25-9-11-28-12-10-25/h1-8,13,19H,9-12,14H2,(H,23,27)(H,24,26)/t19-/m1/s1. The Morgan fingerprint density at radius 1 is 1.18 bits per heavy atom. The van der Waals surface area contributed by atoms with Crippen LogP contribution in [0.5, 0.6) is 0 Å². The number of rotatable bonds is 5. The maximum atomic E-state index is 12.9. The van der Waals surface area contributed by atoms with E-state index in [1.54, 1.807) is 12.3 Å². The van der Waals surface area contributed by atoms with Gasteiger partial charge in [-0.25, -0.2) is 0 Å². The number of aromatic amines is 1. The van der Waals surface area contributed by atoms with Gasteiger partial charge in [-0.3, -0.25) is 19.5 Å². The number of carbonyl (C=O) groups excluding carboxylic acids is 1. The molecule has 28 heavy (non-hydrogen) atoms. The fraction of sp³-hybridized carbons (Fsp3) is 0.286. The summed E-state index contributed by atoms with van der Waals surface area (Å²) < 4.78 is 5.45. The summed E-state index contributed by atoms with van der Waals surface area (Å²) in [6, 6.07) is 14.4. The first-order chi connectivity index (χ1) is 13.7. The van der Waals surface area contributed by atoms with Crippen LogP contribution in [0.15, 0.2) is 59.5 Å². The largest absolute Gasteiger partial charge is 0.379 e. The molecule has 2 aromatic heterocycles. The Hall–Kier alpha value is -3.03. The van der Waals surface area contributed by atoms with Gasteiger partial charge < -0.3 is 15.0 Å². The summed E-state index contributed by atoms with van der Waals surface area (Å²) >= 11 is 0. The highest BCUT2D eigenvalue weighted by atomic mass is 16.5. The number of morpholine rings is 1. The van der Waals surface area contributed by atoms with Crippen LogP contribution in [-0.4, -0.2) is 53.6 Å². The van der Waals surface area contributed by atoms with E-state index in [4.69, 9.17) is 4.74 Å². The minimum Gasteiger partial charge on any atom is -0.379 e. The summed E-state index contributed by atoms with van der Waals surface area (Å²) in [5.74, 6) is -0.267. The molecule has 1 amide bonds. The number of carbonyl (C=O) groups is 1. The number of ether oxygens (including phenoxy) is 1. The van der Waals surface area contributed by atoms with E-state index in [1.165, 1.54) is 6.07 Å². The molecule has 1 aliphatic heterocycles. The molecule has 1 saturated heterocycles. The Balaban J connectivity index is 1.57. The molecule has 4 rings (SSSR count). The van der Waals surface area contributed by atoms with E-state index in [0.29, 0.717) is 30.8 Å². The highest BCUT2D eigenvalue weighted by Gasteiger charge is 2.24. The first-order valence-electron chi connectivity index (χ1n) is 9.35. The maximum Gasteiger partial charge on any atom is 0.252 e. The third-order valence-corrected chi connectivity index (χ3v) is 4.97. The maximum absolute atomic E-state index is 12.9. The summed E-state index contributed by atoms with van der Waals surface area (Å²) in [6.07, 6.45) is 1.76. The number of H-pyrrole nitrogens is 1. The van der Waals surface area contributed by atoms with E-state index < -0.39 is 0 Å². The van der Waals surface area contributed by atoms with Crippen molar-refractivity contribution in [1.82, 2.24) is 20.2 Å². The average molecular weight is 378 g/mol. The number of hydrogen-bond donors (Lipinski definition) is 2. The zero-order valence-corrected chi connectivity index (χ0v) is 15.4. The Bertz CT molecular complexity index is 1010. The Kier molecular flexibility index (Phi) is 5.45. The van der Waals surface area contributed by atoms with E-state index in [0.717, 1.165) is 24.2 Å². The average Bonchev–Trinajstić information content (AvgIpc) is 2.74. The Morgan fingerprint density at radius 3 is 2.75 bits per heavy atom. The van der Waals surface area contributed by atoms with Crippen LogP contribution in [0.4, 0.5) is 0 Å². The molecule has 3 heterocycles. The van der Waals surface area contributed by atoms with Crippen molar-refractivity contribution < 1.29 is 9.53 Å². The Morgan fingerprint density at radius 2 is 1.96 bits per heavy atom. The van der Waals surface area contributed by atoms with Crippen LogP contribution >= 0.6 is 0 Å². The first kappa shape index (κ1) is 18.3. The normalized spacial score (nSPS) is 16.0. The van der Waals surface area contributed by atoms with Gasteiger partial charge in [-0.2, -0.15) is 0 Å². The van der Waals surface area contributed by atoms with Crippen LogP contribution in [0.25, 0.3) is 10.9 Å². The lowest BCUT2D eigenvalue weighted by Gasteiger charge is -2.34. The summed E-state index contributed by atoms with van der Waals surface area (Å²) in [4.78, 5) is 34.4. The molecule has 3 aromatic rings. The topological polar surface area (TPSA) is 87.3 Å². The molecule has 144 valence electrons. The summed E-state index contributed by atoms with van der Waals surface area (Å²) in [7, 11) is 0. The van der Waals surface area contributed by atoms with Gasteiger partial charge in [-0.05, 0) is 18.2 Å². The van der Waals surface area contributed by atoms with E-state index in [9.17, 15) is 9.59 Å². The molecule has 0 radical (unpaired) electrons. The number of hydrogen-bond acceptors (Lipinski definition) is 5. The van der Waals surface area contributed by atoms with Crippen LogP contribution in [0.2, 0.25) is 0 Å². The molecule has 1 aromatic carbocycles. The number of benzene rings is 1. The minimum atomic E-state index is -0.293. The van der Waals surface area contributed by atoms with Crippen molar-refractivity contribution in [2.75, 3.05) is 32.8 Å². The quantitative estimate of drug-likeness (QED) is 0.706. The van der Waals surface area contributed by atoms with Gasteiger partial charge in [-0.1, -0.05) is 24.3 Å². The number of nitrogens with one attached hydrogen (secondary N) is 2. The van der Waals surface area contributed by atoms with Crippen molar-refractivity contribution in [3.8, 4) is 0 Å². The summed E-state index contributed by atoms with van der Waals surface area (Å²) in [6.45, 7) is 3.29. The number of pyridine rings is 2. The van der Waals surface area contributed by atoms with Crippen LogP contribution in [0.3, 0.4) is 0 Å². The zero-order valence-electron chi connectivity index (χ0n) is 15.4. The molecule has 7 heteroatoms. The van der Waals surface area contributed by atoms with Gasteiger partial charge in [0.25, 0.3) is 5.91 Å². The monoisotopic (exact) mass is 378 g/mol. The second-order valence-corrected chi connectivity index (χ2v) is 6.72. The number of nitrogens with zero attached hydrogens (tertiary/aromatic N) is 2. The van der Waals surface area contributed by atoms with Gasteiger partial charge in [0.15, 0.2) is 0 Å². The van der Waals surface area contributed by atoms with Crippen LogP contribution < -0.4 is 10.9 Å². The van der Waals surface area contributed by atoms with Crippen molar-refractivity contribution in [1.29, 1.82) is 0 Å². The van der Waals surface area contributed by atoms with E-state index >= 15 is 0 Å². The van der Waals surface area contributed by atoms with Crippen LogP contribution in [0, 0.1) is 0 Å². The van der Waals surface area contributed by atoms with Gasteiger partial charge in [0.05, 0.1) is 30.5 Å². The smallest absolute Gasteiger partial charge is 0.252 e. The zero-order chi connectivity index (χ0) is 19.3. The van der Waals surface area contributed by atoms with Crippen molar-refractivity contribution in [3.05, 3.63) is 76.3 Å². The minimum absolute atomic E-state index is 0.0534. The molecule has 7 nitrogen and oxygen atoms in total. The van der Waals surface area contributed by atoms with Gasteiger partial charge in [0.1, 0.15) is 0 Å². The third-order valence-electron chi connectivity index (χ3n) is 4.97. The van der Waals surface area contributed by atoms with Gasteiger partial charge in [0.2, 0.25) is 5.56 Å². The highest BCUT2D eigenvalue weighted by Crippen LogP contribution is 2.20. The molecular weight excluding hydrogens is 356 g/mol. The number of amides is 1. The van der Waals surface area contributed by atoms with Crippen molar-refractivity contribution in [3.63, 3.8) is 0 Å². The van der Waals surface area contributed by atoms with Crippen molar-refractivity contribution >= 4 is 16.8 Å². The first-order valence-corrected chi connectivity index (χ1v) is 9.35. The predicted molar refractivity (Wildman–Crippen MR) is 106 cm³/mol. The molecule has 1 fully saturated rings. The van der Waals surface area contributed by atoms with Gasteiger partial charge in [0, 0.05) is 42.8 Å². The van der Waals surface area contributed by atoms with E-state index in [2.05, 4.69) is 20.2 Å². The highest BCUT2D eigenvalue weighted by molar-refractivity contribution is 6.05. The fourth-order valence-electron chi connectivity index (χ4n) is 3.56. The lowest BCUT2D eigenvalue weighted by molar-refractivity contribution is 0.0154. The number of aromatic nitrogens is 2. The second-order valence-electron chi connectivity index (χ2n) is 6.72. The number of fused-ring (bicyclic) bond motifs is 1. The van der Waals surface area contributed by atoms with Crippen molar-refractivity contribution in [2.24, 2.45) is 0 Å². The third kappa shape index (κ3) is 3.95. The molecule has 0 unspecified atom stereocenters. The van der Waals surface area contributed by atoms with E-state index in [1.807, 2.05) is 36.4 Å².